The molecule has 0 saturated carbocycles. The molecule has 2 N–H and O–H groups in total. The molecule has 164 valence electrons. The second-order valence-corrected chi connectivity index (χ2v) is 8.88. The molecular formula is C20H22FN5O4S. The molecule has 1 aromatic carbocycles. The van der Waals surface area contributed by atoms with Crippen molar-refractivity contribution in [1.29, 1.82) is 0 Å². The molecule has 0 spiro atoms. The molecule has 0 fully saturated rings. The van der Waals surface area contributed by atoms with Crippen LogP contribution in [-0.2, 0) is 14.8 Å². The third kappa shape index (κ3) is 5.30. The highest BCUT2D eigenvalue weighted by Crippen LogP contribution is 2.23. The van der Waals surface area contributed by atoms with Crippen LogP contribution in [0.15, 0.2) is 58.2 Å². The van der Waals surface area contributed by atoms with Gasteiger partial charge in [-0.2, -0.15) is 9.71 Å². The third-order valence-electron chi connectivity index (χ3n) is 4.44. The van der Waals surface area contributed by atoms with Crippen LogP contribution >= 0.6 is 0 Å². The molecule has 0 bridgehead atoms. The minimum Gasteiger partial charge on any atom is -0.343 e. The summed E-state index contributed by atoms with van der Waals surface area (Å²) in [5.41, 5.74) is 0.650. The zero-order chi connectivity index (χ0) is 22.6. The SMILES string of the molecule is CC(C)C(NC(=O)[C@H](C)NS(=O)(=O)c1ccccc1F)c1nc(-c2cccnc2)no1. The van der Waals surface area contributed by atoms with E-state index in [4.69, 9.17) is 4.52 Å². The van der Waals surface area contributed by atoms with E-state index in [0.29, 0.717) is 11.4 Å². The molecule has 2 heterocycles. The Morgan fingerprint density at radius 3 is 2.52 bits per heavy atom. The molecule has 0 aliphatic carbocycles. The first-order chi connectivity index (χ1) is 14.7. The predicted molar refractivity (Wildman–Crippen MR) is 109 cm³/mol. The molecule has 3 aromatic rings. The van der Waals surface area contributed by atoms with Gasteiger partial charge in [-0.25, -0.2) is 12.8 Å². The number of nitrogens with one attached hydrogen (secondary N) is 2. The summed E-state index contributed by atoms with van der Waals surface area (Å²) >= 11 is 0. The van der Waals surface area contributed by atoms with Crippen LogP contribution in [0, 0.1) is 11.7 Å². The number of benzene rings is 1. The smallest absolute Gasteiger partial charge is 0.249 e. The second kappa shape index (κ2) is 9.31. The molecule has 2 aromatic heterocycles. The first-order valence-electron chi connectivity index (χ1n) is 9.50. The van der Waals surface area contributed by atoms with Gasteiger partial charge in [0.2, 0.25) is 27.6 Å². The van der Waals surface area contributed by atoms with E-state index in [2.05, 4.69) is 25.2 Å². The number of rotatable bonds is 8. The van der Waals surface area contributed by atoms with Crippen LogP contribution in [0.25, 0.3) is 11.4 Å². The van der Waals surface area contributed by atoms with E-state index in [-0.39, 0.29) is 11.8 Å². The zero-order valence-electron chi connectivity index (χ0n) is 17.1. The molecular weight excluding hydrogens is 425 g/mol. The van der Waals surface area contributed by atoms with Crippen LogP contribution in [0.5, 0.6) is 0 Å². The number of carbonyl (C=O) groups excluding carboxylic acids is 1. The fourth-order valence-corrected chi connectivity index (χ4v) is 4.06. The third-order valence-corrected chi connectivity index (χ3v) is 6.02. The van der Waals surface area contributed by atoms with Crippen LogP contribution < -0.4 is 10.0 Å². The van der Waals surface area contributed by atoms with Crippen LogP contribution in [-0.4, -0.2) is 35.5 Å². The van der Waals surface area contributed by atoms with Gasteiger partial charge in [-0.3, -0.25) is 9.78 Å². The first kappa shape index (κ1) is 22.5. The normalized spacial score (nSPS) is 13.7. The molecule has 0 aliphatic rings. The van der Waals surface area contributed by atoms with E-state index in [0.717, 1.165) is 12.1 Å². The van der Waals surface area contributed by atoms with Gasteiger partial charge in [0.05, 0.1) is 6.04 Å². The summed E-state index contributed by atoms with van der Waals surface area (Å²) in [4.78, 5) is 20.5. The predicted octanol–water partition coefficient (Wildman–Crippen LogP) is 2.45. The number of halogens is 1. The Kier molecular flexibility index (Phi) is 6.76. The van der Waals surface area contributed by atoms with E-state index in [9.17, 15) is 17.6 Å². The second-order valence-electron chi connectivity index (χ2n) is 7.20. The molecule has 2 atom stereocenters. The van der Waals surface area contributed by atoms with Gasteiger partial charge in [0.1, 0.15) is 16.8 Å². The summed E-state index contributed by atoms with van der Waals surface area (Å²) in [5.74, 6) is -1.18. The topological polar surface area (TPSA) is 127 Å². The molecule has 0 radical (unpaired) electrons. The van der Waals surface area contributed by atoms with Crippen LogP contribution in [0.3, 0.4) is 0 Å². The van der Waals surface area contributed by atoms with Crippen molar-refractivity contribution in [2.75, 3.05) is 0 Å². The van der Waals surface area contributed by atoms with Gasteiger partial charge >= 0.3 is 0 Å². The minimum absolute atomic E-state index is 0.137. The van der Waals surface area contributed by atoms with Gasteiger partial charge < -0.3 is 9.84 Å². The van der Waals surface area contributed by atoms with Gasteiger partial charge in [-0.15, -0.1) is 0 Å². The Labute approximate surface area is 179 Å². The van der Waals surface area contributed by atoms with E-state index in [1.165, 1.54) is 19.1 Å². The first-order valence-corrected chi connectivity index (χ1v) is 11.0. The maximum Gasteiger partial charge on any atom is 0.249 e. The number of sulfonamides is 1. The van der Waals surface area contributed by atoms with Crippen molar-refractivity contribution in [3.8, 4) is 11.4 Å². The largest absolute Gasteiger partial charge is 0.343 e. The maximum atomic E-state index is 13.9. The van der Waals surface area contributed by atoms with Crippen molar-refractivity contribution in [3.05, 3.63) is 60.5 Å². The summed E-state index contributed by atoms with van der Waals surface area (Å²) < 4.78 is 46.2. The average molecular weight is 447 g/mol. The quantitative estimate of drug-likeness (QED) is 0.543. The van der Waals surface area contributed by atoms with E-state index < -0.39 is 38.7 Å². The number of aromatic nitrogens is 3. The Hall–Kier alpha value is -3.18. The summed E-state index contributed by atoms with van der Waals surface area (Å²) in [5, 5.41) is 6.63. The lowest BCUT2D eigenvalue weighted by atomic mass is 10.0. The molecule has 3 rings (SSSR count). The Balaban J connectivity index is 1.74. The molecule has 11 heteroatoms. The lowest BCUT2D eigenvalue weighted by Crippen LogP contribution is -2.46. The van der Waals surface area contributed by atoms with E-state index in [1.54, 1.807) is 24.5 Å². The van der Waals surface area contributed by atoms with Crippen molar-refractivity contribution in [2.45, 2.75) is 37.8 Å². The molecule has 31 heavy (non-hydrogen) atoms. The van der Waals surface area contributed by atoms with E-state index >= 15 is 0 Å². The monoisotopic (exact) mass is 447 g/mol. The fraction of sp³-hybridized carbons (Fsp3) is 0.300. The highest BCUT2D eigenvalue weighted by atomic mass is 32.2. The molecule has 9 nitrogen and oxygen atoms in total. The summed E-state index contributed by atoms with van der Waals surface area (Å²) in [7, 11) is -4.23. The lowest BCUT2D eigenvalue weighted by Gasteiger charge is -2.21. The Morgan fingerprint density at radius 1 is 1.13 bits per heavy atom. The van der Waals surface area contributed by atoms with Gasteiger partial charge in [-0.05, 0) is 37.1 Å². The fourth-order valence-electron chi connectivity index (χ4n) is 2.78. The highest BCUT2D eigenvalue weighted by molar-refractivity contribution is 7.89. The maximum absolute atomic E-state index is 13.9. The van der Waals surface area contributed by atoms with E-state index in [1.807, 2.05) is 13.8 Å². The van der Waals surface area contributed by atoms with Crippen molar-refractivity contribution in [2.24, 2.45) is 5.92 Å². The minimum atomic E-state index is -4.23. The van der Waals surface area contributed by atoms with Crippen molar-refractivity contribution < 1.29 is 22.1 Å². The van der Waals surface area contributed by atoms with Gasteiger partial charge in [0.25, 0.3) is 0 Å². The summed E-state index contributed by atoms with van der Waals surface area (Å²) in [6.07, 6.45) is 3.20. The average Bonchev–Trinajstić information content (AvgIpc) is 3.22. The number of carbonyl (C=O) groups is 1. The number of pyridine rings is 1. The zero-order valence-corrected chi connectivity index (χ0v) is 17.9. The van der Waals surface area contributed by atoms with Crippen molar-refractivity contribution in [3.63, 3.8) is 0 Å². The van der Waals surface area contributed by atoms with Crippen molar-refractivity contribution >= 4 is 15.9 Å². The van der Waals surface area contributed by atoms with Gasteiger partial charge in [-0.1, -0.05) is 31.1 Å². The molecule has 0 aliphatic heterocycles. The number of hydrogen-bond acceptors (Lipinski definition) is 7. The Bertz CT molecular complexity index is 1150. The highest BCUT2D eigenvalue weighted by Gasteiger charge is 2.29. The molecule has 0 saturated heterocycles. The van der Waals surface area contributed by atoms with Crippen LogP contribution in [0.2, 0.25) is 0 Å². The number of hydrogen-bond donors (Lipinski definition) is 2. The Morgan fingerprint density at radius 2 is 1.87 bits per heavy atom. The summed E-state index contributed by atoms with van der Waals surface area (Å²) in [6, 6.07) is 6.59. The van der Waals surface area contributed by atoms with Crippen molar-refractivity contribution in [1.82, 2.24) is 25.2 Å². The standard InChI is InChI=1S/C20H22FN5O4S/c1-12(2)17(20-24-18(25-30-20)14-7-6-10-22-11-14)23-19(27)13(3)26-31(28,29)16-9-5-4-8-15(16)21/h4-13,17,26H,1-3H3,(H,23,27)/t13-,17?/m0/s1. The number of amides is 1. The van der Waals surface area contributed by atoms with Crippen LogP contribution in [0.1, 0.15) is 32.7 Å². The van der Waals surface area contributed by atoms with Crippen LogP contribution in [0.4, 0.5) is 4.39 Å². The molecule has 1 unspecified atom stereocenters. The van der Waals surface area contributed by atoms with Gasteiger partial charge in [0.15, 0.2) is 0 Å². The lowest BCUT2D eigenvalue weighted by molar-refractivity contribution is -0.123. The van der Waals surface area contributed by atoms with Gasteiger partial charge in [0, 0.05) is 18.0 Å². The molecule has 1 amide bonds. The number of nitrogens with zero attached hydrogens (tertiary/aromatic N) is 3. The summed E-state index contributed by atoms with van der Waals surface area (Å²) in [6.45, 7) is 5.04.